The van der Waals surface area contributed by atoms with Gasteiger partial charge in [0.2, 0.25) is 5.91 Å². The van der Waals surface area contributed by atoms with Gasteiger partial charge in [-0.25, -0.2) is 0 Å². The number of carbonyl (C=O) groups is 3. The van der Waals surface area contributed by atoms with E-state index in [9.17, 15) is 14.4 Å². The van der Waals surface area contributed by atoms with Crippen LogP contribution < -0.4 is 5.32 Å². The van der Waals surface area contributed by atoms with Crippen molar-refractivity contribution in [2.75, 3.05) is 6.54 Å². The van der Waals surface area contributed by atoms with E-state index in [4.69, 9.17) is 9.84 Å². The summed E-state index contributed by atoms with van der Waals surface area (Å²) in [6.45, 7) is 4.02. The maximum Gasteiger partial charge on any atom is 0.322 e. The Hall–Kier alpha value is -3.41. The first-order chi connectivity index (χ1) is 22.0. The fraction of sp³-hybridized carbons (Fsp3) is 0.564. The molecule has 1 amide bonds. The fourth-order valence-electron chi connectivity index (χ4n) is 4.30. The van der Waals surface area contributed by atoms with E-state index in [1.165, 1.54) is 25.7 Å². The predicted molar refractivity (Wildman–Crippen MR) is 189 cm³/mol. The van der Waals surface area contributed by atoms with Crippen LogP contribution in [0.4, 0.5) is 0 Å². The Labute approximate surface area is 274 Å². The summed E-state index contributed by atoms with van der Waals surface area (Å²) < 4.78 is 5.78. The smallest absolute Gasteiger partial charge is 0.322 e. The molecule has 0 aromatic carbocycles. The van der Waals surface area contributed by atoms with Gasteiger partial charge in [-0.3, -0.25) is 14.4 Å². The van der Waals surface area contributed by atoms with Gasteiger partial charge in [0.15, 0.2) is 0 Å². The van der Waals surface area contributed by atoms with Crippen molar-refractivity contribution in [3.05, 3.63) is 85.1 Å². The molecule has 0 spiro atoms. The number of aliphatic carboxylic acids is 1. The van der Waals surface area contributed by atoms with E-state index in [2.05, 4.69) is 86.0 Å². The Morgan fingerprint density at radius 3 is 1.82 bits per heavy atom. The van der Waals surface area contributed by atoms with Crippen molar-refractivity contribution in [1.82, 2.24) is 5.32 Å². The van der Waals surface area contributed by atoms with Crippen LogP contribution in [0.1, 0.15) is 129 Å². The second kappa shape index (κ2) is 33.5. The van der Waals surface area contributed by atoms with Gasteiger partial charge in [0.05, 0.1) is 6.42 Å². The average Bonchev–Trinajstić information content (AvgIpc) is 3.02. The third-order valence-electron chi connectivity index (χ3n) is 6.82. The molecule has 6 heteroatoms. The van der Waals surface area contributed by atoms with Crippen LogP contribution in [0.15, 0.2) is 85.1 Å². The number of nitrogens with one attached hydrogen (secondary N) is 1. The van der Waals surface area contributed by atoms with Crippen LogP contribution in [0.5, 0.6) is 0 Å². The molecule has 2 N–H and O–H groups in total. The lowest BCUT2D eigenvalue weighted by Crippen LogP contribution is -2.28. The number of amides is 1. The minimum atomic E-state index is -1.04. The molecule has 6 nitrogen and oxygen atoms in total. The summed E-state index contributed by atoms with van der Waals surface area (Å²) in [6, 6.07) is 0. The number of carboxylic acid groups (broad SMARTS) is 1. The van der Waals surface area contributed by atoms with Gasteiger partial charge in [-0.1, -0.05) is 125 Å². The Kier molecular flexibility index (Phi) is 30.9. The monoisotopic (exact) mass is 623 g/mol. The van der Waals surface area contributed by atoms with Gasteiger partial charge < -0.3 is 15.2 Å². The number of allylic oxidation sites excluding steroid dienone is 12. The molecule has 0 rings (SSSR count). The summed E-state index contributed by atoms with van der Waals surface area (Å²) in [5, 5.41) is 11.0. The molecule has 0 aliphatic heterocycles. The normalized spacial score (nSPS) is 13.1. The zero-order valence-electron chi connectivity index (χ0n) is 28.2. The van der Waals surface area contributed by atoms with Crippen LogP contribution in [-0.4, -0.2) is 35.6 Å². The highest BCUT2D eigenvalue weighted by molar-refractivity contribution is 5.80. The molecule has 1 atom stereocenters. The van der Waals surface area contributed by atoms with Crippen LogP contribution in [0.3, 0.4) is 0 Å². The molecule has 0 heterocycles. The molecular formula is C39H61NO5. The number of carboxylic acids is 1. The Morgan fingerprint density at radius 2 is 1.20 bits per heavy atom. The highest BCUT2D eigenvalue weighted by atomic mass is 16.5. The molecule has 0 radical (unpaired) electrons. The molecule has 0 saturated heterocycles. The summed E-state index contributed by atoms with van der Waals surface area (Å²) in [5.74, 6) is -1.51. The van der Waals surface area contributed by atoms with E-state index in [0.29, 0.717) is 12.8 Å². The van der Waals surface area contributed by atoms with Crippen LogP contribution in [-0.2, 0) is 19.1 Å². The SMILES string of the molecule is CC/C=C\C/C=C\C/C=C\C/C=C\C/C=C\CC(=O)OC(/C=C\C/C=C\CCCCCC)CCCCCCC(=O)NCC(=O)O. The fourth-order valence-corrected chi connectivity index (χ4v) is 4.30. The molecule has 45 heavy (non-hydrogen) atoms. The Bertz CT molecular complexity index is 954. The third kappa shape index (κ3) is 33.3. The highest BCUT2D eigenvalue weighted by Crippen LogP contribution is 2.13. The summed E-state index contributed by atoms with van der Waals surface area (Å²) in [6.07, 6.45) is 45.8. The van der Waals surface area contributed by atoms with Gasteiger partial charge >= 0.3 is 11.9 Å². The summed E-state index contributed by atoms with van der Waals surface area (Å²) in [5.41, 5.74) is 0. The number of rotatable bonds is 29. The molecule has 0 bridgehead atoms. The van der Waals surface area contributed by atoms with Gasteiger partial charge in [0.25, 0.3) is 0 Å². The standard InChI is InChI=1S/C39H61NO5/c1-3-5-7-9-11-13-14-15-16-17-18-20-22-24-30-34-39(44)45-36(31-27-23-21-19-12-10-8-6-4-2)32-28-25-26-29-33-37(41)40-35-38(42)43/h5,7,11,13,15-16,18-21,24,27,30-31,36H,3-4,6,8-10,12,14,17,22-23,25-26,28-29,32-35H2,1-2H3,(H,40,41)(H,42,43)/b7-5-,13-11-,16-15-,20-18-,21-19-,30-24-,31-27-. The molecule has 0 aliphatic rings. The second-order valence-electron chi connectivity index (χ2n) is 11.0. The summed E-state index contributed by atoms with van der Waals surface area (Å²) >= 11 is 0. The van der Waals surface area contributed by atoms with E-state index in [1.807, 2.05) is 18.2 Å². The van der Waals surface area contributed by atoms with Crippen molar-refractivity contribution in [2.45, 2.75) is 136 Å². The lowest BCUT2D eigenvalue weighted by Gasteiger charge is -2.14. The molecular weight excluding hydrogens is 562 g/mol. The van der Waals surface area contributed by atoms with Crippen molar-refractivity contribution in [3.8, 4) is 0 Å². The van der Waals surface area contributed by atoms with E-state index < -0.39 is 5.97 Å². The molecule has 252 valence electrons. The number of unbranched alkanes of at least 4 members (excludes halogenated alkanes) is 7. The third-order valence-corrected chi connectivity index (χ3v) is 6.82. The highest BCUT2D eigenvalue weighted by Gasteiger charge is 2.10. The summed E-state index contributed by atoms with van der Waals surface area (Å²) in [4.78, 5) is 34.7. The molecule has 0 aromatic heterocycles. The van der Waals surface area contributed by atoms with Crippen LogP contribution in [0.2, 0.25) is 0 Å². The second-order valence-corrected chi connectivity index (χ2v) is 11.0. The zero-order chi connectivity index (χ0) is 33.1. The molecule has 0 fully saturated rings. The summed E-state index contributed by atoms with van der Waals surface area (Å²) in [7, 11) is 0. The lowest BCUT2D eigenvalue weighted by atomic mass is 10.1. The minimum Gasteiger partial charge on any atom is -0.480 e. The molecule has 0 saturated carbocycles. The molecule has 0 aliphatic carbocycles. The van der Waals surface area contributed by atoms with Crippen LogP contribution in [0, 0.1) is 0 Å². The number of hydrogen-bond donors (Lipinski definition) is 2. The van der Waals surface area contributed by atoms with Gasteiger partial charge in [0, 0.05) is 6.42 Å². The van der Waals surface area contributed by atoms with Gasteiger partial charge in [-0.15, -0.1) is 0 Å². The van der Waals surface area contributed by atoms with Crippen LogP contribution >= 0.6 is 0 Å². The van der Waals surface area contributed by atoms with Crippen molar-refractivity contribution < 1.29 is 24.2 Å². The average molecular weight is 624 g/mol. The quantitative estimate of drug-likeness (QED) is 0.0491. The molecule has 1 unspecified atom stereocenters. The van der Waals surface area contributed by atoms with E-state index in [1.54, 1.807) is 0 Å². The number of carbonyl (C=O) groups excluding carboxylic acids is 2. The van der Waals surface area contributed by atoms with E-state index >= 15 is 0 Å². The van der Waals surface area contributed by atoms with Crippen molar-refractivity contribution in [1.29, 1.82) is 0 Å². The Balaban J connectivity index is 4.46. The van der Waals surface area contributed by atoms with Crippen molar-refractivity contribution >= 4 is 17.8 Å². The largest absolute Gasteiger partial charge is 0.480 e. The first kappa shape index (κ1) is 41.6. The maximum atomic E-state index is 12.5. The van der Waals surface area contributed by atoms with E-state index in [-0.39, 0.29) is 30.9 Å². The minimum absolute atomic E-state index is 0.229. The zero-order valence-corrected chi connectivity index (χ0v) is 28.2. The van der Waals surface area contributed by atoms with Crippen LogP contribution in [0.25, 0.3) is 0 Å². The number of esters is 1. The molecule has 0 aromatic rings. The predicted octanol–water partition coefficient (Wildman–Crippen LogP) is 10.1. The number of ether oxygens (including phenoxy) is 1. The first-order valence-electron chi connectivity index (χ1n) is 17.2. The van der Waals surface area contributed by atoms with Crippen molar-refractivity contribution in [2.24, 2.45) is 0 Å². The van der Waals surface area contributed by atoms with Gasteiger partial charge in [-0.05, 0) is 76.7 Å². The van der Waals surface area contributed by atoms with Gasteiger partial charge in [0.1, 0.15) is 12.6 Å². The number of hydrogen-bond acceptors (Lipinski definition) is 4. The maximum absolute atomic E-state index is 12.5. The topological polar surface area (TPSA) is 92.7 Å². The Morgan fingerprint density at radius 1 is 0.644 bits per heavy atom. The first-order valence-corrected chi connectivity index (χ1v) is 17.2. The van der Waals surface area contributed by atoms with E-state index in [0.717, 1.165) is 70.6 Å². The lowest BCUT2D eigenvalue weighted by molar-refractivity contribution is -0.146. The van der Waals surface area contributed by atoms with Crippen molar-refractivity contribution in [3.63, 3.8) is 0 Å². The van der Waals surface area contributed by atoms with Gasteiger partial charge in [-0.2, -0.15) is 0 Å².